The molecule has 1 heterocycles. The molecule has 0 aliphatic heterocycles. The van der Waals surface area contributed by atoms with Crippen molar-refractivity contribution in [3.05, 3.63) is 29.1 Å². The zero-order chi connectivity index (χ0) is 12.3. The minimum atomic E-state index is 0.548. The van der Waals surface area contributed by atoms with Gasteiger partial charge in [-0.15, -0.1) is 0 Å². The van der Waals surface area contributed by atoms with Gasteiger partial charge < -0.3 is 0 Å². The summed E-state index contributed by atoms with van der Waals surface area (Å²) in [5.41, 5.74) is 4.14. The van der Waals surface area contributed by atoms with Crippen molar-refractivity contribution in [2.75, 3.05) is 0 Å². The molecule has 2 rings (SSSR count). The summed E-state index contributed by atoms with van der Waals surface area (Å²) in [6, 6.07) is 4.55. The molecule has 1 atom stereocenters. The second kappa shape index (κ2) is 5.66. The lowest BCUT2D eigenvalue weighted by molar-refractivity contribution is 0.466. The van der Waals surface area contributed by atoms with Crippen molar-refractivity contribution in [3.8, 4) is 0 Å². The molecule has 0 amide bonds. The van der Waals surface area contributed by atoms with E-state index in [1.807, 2.05) is 0 Å². The molecule has 1 aliphatic rings. The van der Waals surface area contributed by atoms with Crippen molar-refractivity contribution in [2.45, 2.75) is 65.2 Å². The maximum Gasteiger partial charge on any atom is 0.0438 e. The van der Waals surface area contributed by atoms with E-state index in [1.54, 1.807) is 0 Å². The molecule has 1 aromatic heterocycles. The Morgan fingerprint density at radius 1 is 1.12 bits per heavy atom. The Kier molecular flexibility index (Phi) is 4.20. The van der Waals surface area contributed by atoms with Crippen LogP contribution < -0.4 is 0 Å². The Morgan fingerprint density at radius 2 is 1.82 bits per heavy atom. The summed E-state index contributed by atoms with van der Waals surface area (Å²) in [4.78, 5) is 4.88. The first kappa shape index (κ1) is 12.6. The number of hydrogen-bond donors (Lipinski definition) is 0. The van der Waals surface area contributed by atoms with E-state index >= 15 is 0 Å². The summed E-state index contributed by atoms with van der Waals surface area (Å²) < 4.78 is 0. The van der Waals surface area contributed by atoms with E-state index in [0.717, 1.165) is 5.92 Å². The first-order chi connectivity index (χ1) is 8.16. The summed E-state index contributed by atoms with van der Waals surface area (Å²) in [5, 5.41) is 0. The topological polar surface area (TPSA) is 12.9 Å². The van der Waals surface area contributed by atoms with Crippen LogP contribution in [-0.2, 0) is 12.8 Å². The Bertz CT molecular complexity index is 368. The third-order valence-corrected chi connectivity index (χ3v) is 3.94. The Morgan fingerprint density at radius 3 is 2.53 bits per heavy atom. The van der Waals surface area contributed by atoms with E-state index in [1.165, 1.54) is 55.5 Å². The highest BCUT2D eigenvalue weighted by Crippen LogP contribution is 2.23. The third kappa shape index (κ3) is 3.31. The number of rotatable bonds is 1. The molecule has 1 unspecified atom stereocenters. The third-order valence-electron chi connectivity index (χ3n) is 3.94. The van der Waals surface area contributed by atoms with E-state index in [2.05, 4.69) is 32.9 Å². The van der Waals surface area contributed by atoms with Crippen molar-refractivity contribution in [1.82, 2.24) is 4.98 Å². The molecule has 0 fully saturated rings. The molecule has 1 aliphatic carbocycles. The maximum absolute atomic E-state index is 4.88. The molecule has 0 saturated heterocycles. The van der Waals surface area contributed by atoms with Gasteiger partial charge in [-0.1, -0.05) is 39.7 Å². The highest BCUT2D eigenvalue weighted by atomic mass is 14.7. The number of aryl methyl sites for hydroxylation is 2. The lowest BCUT2D eigenvalue weighted by Crippen LogP contribution is -2.02. The van der Waals surface area contributed by atoms with Crippen molar-refractivity contribution < 1.29 is 0 Å². The van der Waals surface area contributed by atoms with Crippen LogP contribution in [0.15, 0.2) is 12.1 Å². The van der Waals surface area contributed by atoms with Gasteiger partial charge in [0, 0.05) is 11.4 Å². The van der Waals surface area contributed by atoms with Gasteiger partial charge in [0.25, 0.3) is 0 Å². The fourth-order valence-corrected chi connectivity index (χ4v) is 2.72. The van der Waals surface area contributed by atoms with E-state index < -0.39 is 0 Å². The normalized spacial score (nSPS) is 21.5. The van der Waals surface area contributed by atoms with Gasteiger partial charge in [0.2, 0.25) is 0 Å². The van der Waals surface area contributed by atoms with E-state index in [0.29, 0.717) is 5.92 Å². The highest BCUT2D eigenvalue weighted by Gasteiger charge is 2.12. The Balaban J connectivity index is 2.21. The largest absolute Gasteiger partial charge is 0.257 e. The van der Waals surface area contributed by atoms with Gasteiger partial charge in [-0.25, -0.2) is 0 Å². The van der Waals surface area contributed by atoms with Crippen LogP contribution in [0, 0.1) is 5.92 Å². The average Bonchev–Trinajstić information content (AvgIpc) is 2.38. The van der Waals surface area contributed by atoms with E-state index in [4.69, 9.17) is 4.98 Å². The number of pyridine rings is 1. The van der Waals surface area contributed by atoms with Gasteiger partial charge in [0.1, 0.15) is 0 Å². The second-order valence-corrected chi connectivity index (χ2v) is 5.89. The number of nitrogens with zero attached hydrogens (tertiary/aromatic N) is 1. The second-order valence-electron chi connectivity index (χ2n) is 5.89. The minimum Gasteiger partial charge on any atom is -0.257 e. The lowest BCUT2D eigenvalue weighted by Gasteiger charge is -2.11. The van der Waals surface area contributed by atoms with Crippen molar-refractivity contribution in [1.29, 1.82) is 0 Å². The van der Waals surface area contributed by atoms with Crippen molar-refractivity contribution >= 4 is 0 Å². The van der Waals surface area contributed by atoms with Crippen LogP contribution in [0.25, 0.3) is 0 Å². The van der Waals surface area contributed by atoms with Crippen molar-refractivity contribution in [2.24, 2.45) is 5.92 Å². The zero-order valence-electron chi connectivity index (χ0n) is 11.5. The first-order valence-corrected chi connectivity index (χ1v) is 7.15. The smallest absolute Gasteiger partial charge is 0.0438 e. The molecule has 0 N–H and O–H groups in total. The molecule has 0 spiro atoms. The van der Waals surface area contributed by atoms with E-state index in [9.17, 15) is 0 Å². The maximum atomic E-state index is 4.88. The fraction of sp³-hybridized carbons (Fsp3) is 0.688. The molecule has 0 aromatic carbocycles. The van der Waals surface area contributed by atoms with Crippen LogP contribution in [-0.4, -0.2) is 4.98 Å². The van der Waals surface area contributed by atoms with Gasteiger partial charge in [0.05, 0.1) is 0 Å². The van der Waals surface area contributed by atoms with Gasteiger partial charge in [-0.3, -0.25) is 4.98 Å². The van der Waals surface area contributed by atoms with Crippen LogP contribution in [0.2, 0.25) is 0 Å². The van der Waals surface area contributed by atoms with Crippen LogP contribution in [0.5, 0.6) is 0 Å². The molecule has 94 valence electrons. The molecular formula is C16H25N. The molecule has 0 saturated carbocycles. The standard InChI is InChI=1S/C16H25N/c1-12(2)15-11-10-14-8-4-6-13(3)7-5-9-16(14)17-15/h10-13H,4-9H2,1-3H3. The summed E-state index contributed by atoms with van der Waals surface area (Å²) in [6.07, 6.45) is 7.79. The fourth-order valence-electron chi connectivity index (χ4n) is 2.72. The SMILES string of the molecule is CC1CCCc2ccc(C(C)C)nc2CCC1. The molecule has 1 aromatic rings. The molecular weight excluding hydrogens is 206 g/mol. The summed E-state index contributed by atoms with van der Waals surface area (Å²) in [5.74, 6) is 1.45. The van der Waals surface area contributed by atoms with Gasteiger partial charge >= 0.3 is 0 Å². The predicted molar refractivity (Wildman–Crippen MR) is 73.4 cm³/mol. The van der Waals surface area contributed by atoms with E-state index in [-0.39, 0.29) is 0 Å². The van der Waals surface area contributed by atoms with Crippen LogP contribution in [0.1, 0.15) is 69.3 Å². The monoisotopic (exact) mass is 231 g/mol. The first-order valence-electron chi connectivity index (χ1n) is 7.15. The van der Waals surface area contributed by atoms with Crippen LogP contribution >= 0.6 is 0 Å². The molecule has 17 heavy (non-hydrogen) atoms. The summed E-state index contributed by atoms with van der Waals surface area (Å²) in [6.45, 7) is 6.85. The number of aromatic nitrogens is 1. The van der Waals surface area contributed by atoms with Crippen LogP contribution in [0.3, 0.4) is 0 Å². The molecule has 0 bridgehead atoms. The zero-order valence-corrected chi connectivity index (χ0v) is 11.5. The van der Waals surface area contributed by atoms with Gasteiger partial charge in [-0.05, 0) is 49.1 Å². The Hall–Kier alpha value is -0.850. The molecule has 1 heteroatoms. The molecule has 1 nitrogen and oxygen atoms in total. The van der Waals surface area contributed by atoms with Crippen LogP contribution in [0.4, 0.5) is 0 Å². The summed E-state index contributed by atoms with van der Waals surface area (Å²) in [7, 11) is 0. The minimum absolute atomic E-state index is 0.548. The van der Waals surface area contributed by atoms with Gasteiger partial charge in [-0.2, -0.15) is 0 Å². The highest BCUT2D eigenvalue weighted by molar-refractivity contribution is 5.25. The summed E-state index contributed by atoms with van der Waals surface area (Å²) >= 11 is 0. The molecule has 0 radical (unpaired) electrons. The average molecular weight is 231 g/mol. The van der Waals surface area contributed by atoms with Gasteiger partial charge in [0.15, 0.2) is 0 Å². The lowest BCUT2D eigenvalue weighted by atomic mass is 9.99. The Labute approximate surface area is 106 Å². The number of hydrogen-bond acceptors (Lipinski definition) is 1. The predicted octanol–water partition coefficient (Wildman–Crippen LogP) is 4.50. The van der Waals surface area contributed by atoms with Crippen molar-refractivity contribution in [3.63, 3.8) is 0 Å². The number of fused-ring (bicyclic) bond motifs is 1. The quantitative estimate of drug-likeness (QED) is 0.693.